The van der Waals surface area contributed by atoms with Crippen molar-refractivity contribution in [2.75, 3.05) is 12.4 Å². The van der Waals surface area contributed by atoms with Crippen LogP contribution in [0.1, 0.15) is 33.5 Å². The predicted octanol–water partition coefficient (Wildman–Crippen LogP) is 5.13. The molecule has 0 spiro atoms. The summed E-state index contributed by atoms with van der Waals surface area (Å²) >= 11 is 5.37. The summed E-state index contributed by atoms with van der Waals surface area (Å²) in [4.78, 5) is 24.4. The van der Waals surface area contributed by atoms with Gasteiger partial charge < -0.3 is 10.1 Å². The van der Waals surface area contributed by atoms with Gasteiger partial charge in [0, 0.05) is 35.3 Å². The van der Waals surface area contributed by atoms with Gasteiger partial charge in [0.05, 0.1) is 12.7 Å². The molecule has 0 unspecified atom stereocenters. The zero-order valence-electron chi connectivity index (χ0n) is 19.9. The first-order chi connectivity index (χ1) is 17.4. The van der Waals surface area contributed by atoms with E-state index in [-0.39, 0.29) is 12.3 Å². The lowest BCUT2D eigenvalue weighted by molar-refractivity contribution is -0.116. The van der Waals surface area contributed by atoms with Crippen molar-refractivity contribution in [3.05, 3.63) is 99.8 Å². The van der Waals surface area contributed by atoms with E-state index in [4.69, 9.17) is 17.0 Å². The van der Waals surface area contributed by atoms with E-state index >= 15 is 0 Å². The fourth-order valence-corrected chi connectivity index (χ4v) is 3.77. The summed E-state index contributed by atoms with van der Waals surface area (Å²) in [5, 5.41) is 10.1. The molecule has 0 saturated carbocycles. The van der Waals surface area contributed by atoms with E-state index in [9.17, 15) is 9.59 Å². The Labute approximate surface area is 214 Å². The Balaban J connectivity index is 1.41. The smallest absolute Gasteiger partial charge is 0.337 e. The van der Waals surface area contributed by atoms with Crippen molar-refractivity contribution in [3.63, 3.8) is 0 Å². The fraction of sp³-hybridized carbons (Fsp3) is 0.143. The van der Waals surface area contributed by atoms with Gasteiger partial charge in [-0.2, -0.15) is 5.10 Å². The zero-order valence-corrected chi connectivity index (χ0v) is 20.7. The molecule has 180 valence electrons. The predicted molar refractivity (Wildman–Crippen MR) is 141 cm³/mol. The minimum Gasteiger partial charge on any atom is -0.465 e. The second-order valence-corrected chi connectivity index (χ2v) is 8.46. The van der Waals surface area contributed by atoms with Gasteiger partial charge in [-0.25, -0.2) is 4.79 Å². The van der Waals surface area contributed by atoms with Gasteiger partial charge in [-0.05, 0) is 55.5 Å². The van der Waals surface area contributed by atoms with Gasteiger partial charge in [-0.15, -0.1) is 0 Å². The first-order valence-corrected chi connectivity index (χ1v) is 11.7. The first kappa shape index (κ1) is 24.6. The molecule has 0 fully saturated rings. The molecule has 0 saturated heterocycles. The van der Waals surface area contributed by atoms with Gasteiger partial charge in [0.15, 0.2) is 10.6 Å². The van der Waals surface area contributed by atoms with Gasteiger partial charge >= 0.3 is 5.97 Å². The Morgan fingerprint density at radius 1 is 1.03 bits per heavy atom. The summed E-state index contributed by atoms with van der Waals surface area (Å²) in [5.74, 6) is 6.24. The third-order valence-electron chi connectivity index (χ3n) is 5.41. The molecule has 0 aliphatic heterocycles. The number of carbonyl (C=O) groups excluding carboxylic acids is 2. The topological polar surface area (TPSA) is 89.0 Å². The van der Waals surface area contributed by atoms with Gasteiger partial charge in [-0.1, -0.05) is 53.8 Å². The van der Waals surface area contributed by atoms with Crippen LogP contribution in [0.5, 0.6) is 0 Å². The maximum Gasteiger partial charge on any atom is 0.337 e. The van der Waals surface area contributed by atoms with Gasteiger partial charge in [0.25, 0.3) is 0 Å². The normalized spacial score (nSPS) is 10.3. The Morgan fingerprint density at radius 3 is 2.44 bits per heavy atom. The van der Waals surface area contributed by atoms with Gasteiger partial charge in [0.1, 0.15) is 0 Å². The molecular weight excluding hydrogens is 472 g/mol. The summed E-state index contributed by atoms with van der Waals surface area (Å²) < 4.78 is 7.04. The van der Waals surface area contributed by atoms with E-state index in [0.717, 1.165) is 16.7 Å². The Morgan fingerprint density at radius 2 is 1.72 bits per heavy atom. The number of benzene rings is 3. The average molecular weight is 497 g/mol. The lowest BCUT2D eigenvalue weighted by atomic mass is 10.1. The van der Waals surface area contributed by atoms with E-state index in [1.165, 1.54) is 7.11 Å². The highest BCUT2D eigenvalue weighted by Crippen LogP contribution is 2.19. The number of nitrogens with one attached hydrogen (secondary N) is 2. The Bertz CT molecular complexity index is 1520. The van der Waals surface area contributed by atoms with E-state index < -0.39 is 5.97 Å². The summed E-state index contributed by atoms with van der Waals surface area (Å²) in [6.07, 6.45) is 0.225. The number of hydrogen-bond donors (Lipinski definition) is 2. The standard InChI is InChI=1S/C28H24N4O3S/c1-19-9-13-22(14-10-19)26-30-31-28(36)32(26)16-15-25(33)29-24-8-4-6-21(18-24)12-11-20-5-3-7-23(17-20)27(34)35-2/h3-10,13-14,17-18H,15-16H2,1-2H3,(H,29,33)(H,31,36). The Kier molecular flexibility index (Phi) is 7.73. The molecule has 7 nitrogen and oxygen atoms in total. The zero-order chi connectivity index (χ0) is 25.5. The number of rotatable bonds is 6. The van der Waals surface area contributed by atoms with E-state index in [2.05, 4.69) is 27.4 Å². The number of anilines is 1. The molecule has 2 N–H and O–H groups in total. The highest BCUT2D eigenvalue weighted by molar-refractivity contribution is 7.71. The third kappa shape index (κ3) is 6.14. The minimum absolute atomic E-state index is 0.149. The number of esters is 1. The Hall–Kier alpha value is -4.48. The highest BCUT2D eigenvalue weighted by atomic mass is 32.1. The maximum absolute atomic E-state index is 12.7. The molecule has 0 aliphatic carbocycles. The number of aryl methyl sites for hydroxylation is 1. The fourth-order valence-electron chi connectivity index (χ4n) is 3.55. The number of ether oxygens (including phenoxy) is 1. The summed E-state index contributed by atoms with van der Waals surface area (Å²) in [6.45, 7) is 2.41. The summed E-state index contributed by atoms with van der Waals surface area (Å²) in [5.41, 5.74) is 4.58. The van der Waals surface area contributed by atoms with E-state index in [1.807, 2.05) is 60.0 Å². The van der Waals surface area contributed by atoms with Crippen molar-refractivity contribution < 1.29 is 14.3 Å². The number of aromatic amines is 1. The van der Waals surface area contributed by atoms with Crippen LogP contribution in [0.15, 0.2) is 72.8 Å². The molecule has 1 amide bonds. The van der Waals surface area contributed by atoms with Crippen molar-refractivity contribution in [3.8, 4) is 23.2 Å². The maximum atomic E-state index is 12.7. The molecule has 1 aromatic heterocycles. The summed E-state index contributed by atoms with van der Waals surface area (Å²) in [6, 6.07) is 22.2. The minimum atomic E-state index is -0.411. The van der Waals surface area contributed by atoms with Crippen LogP contribution in [0.25, 0.3) is 11.4 Å². The molecule has 1 heterocycles. The second kappa shape index (κ2) is 11.3. The molecular formula is C28H24N4O3S. The molecule has 3 aromatic carbocycles. The van der Waals surface area contributed by atoms with Crippen LogP contribution in [-0.2, 0) is 16.1 Å². The SMILES string of the molecule is COC(=O)c1cccc(C#Cc2cccc(NC(=O)CCn3c(-c4ccc(C)cc4)n[nH]c3=S)c2)c1. The average Bonchev–Trinajstić information content (AvgIpc) is 3.26. The molecule has 36 heavy (non-hydrogen) atoms. The number of nitrogens with zero attached hydrogens (tertiary/aromatic N) is 2. The highest BCUT2D eigenvalue weighted by Gasteiger charge is 2.11. The van der Waals surface area contributed by atoms with Crippen LogP contribution in [0.3, 0.4) is 0 Å². The van der Waals surface area contributed by atoms with Crippen LogP contribution in [0, 0.1) is 23.5 Å². The molecule has 4 aromatic rings. The number of H-pyrrole nitrogens is 1. The van der Waals surface area contributed by atoms with Crippen molar-refractivity contribution >= 4 is 29.8 Å². The molecule has 0 atom stereocenters. The molecule has 8 heteroatoms. The van der Waals surface area contributed by atoms with Crippen molar-refractivity contribution in [2.24, 2.45) is 0 Å². The molecule has 0 bridgehead atoms. The lowest BCUT2D eigenvalue weighted by Gasteiger charge is -2.08. The summed E-state index contributed by atoms with van der Waals surface area (Å²) in [7, 11) is 1.34. The van der Waals surface area contributed by atoms with Gasteiger partial charge in [-0.3, -0.25) is 14.5 Å². The lowest BCUT2D eigenvalue weighted by Crippen LogP contribution is -2.15. The van der Waals surface area contributed by atoms with Crippen molar-refractivity contribution in [2.45, 2.75) is 19.9 Å². The number of amides is 1. The number of aromatic nitrogens is 3. The van der Waals surface area contributed by atoms with Gasteiger partial charge in [0.2, 0.25) is 5.91 Å². The second-order valence-electron chi connectivity index (χ2n) is 8.07. The number of hydrogen-bond acceptors (Lipinski definition) is 5. The van der Waals surface area contributed by atoms with Crippen LogP contribution in [-0.4, -0.2) is 33.8 Å². The molecule has 0 radical (unpaired) electrons. The first-order valence-electron chi connectivity index (χ1n) is 11.3. The van der Waals surface area contributed by atoms with Crippen LogP contribution in [0.2, 0.25) is 0 Å². The van der Waals surface area contributed by atoms with Crippen molar-refractivity contribution in [1.29, 1.82) is 0 Å². The van der Waals surface area contributed by atoms with E-state index in [0.29, 0.717) is 34.0 Å². The quantitative estimate of drug-likeness (QED) is 0.219. The van der Waals surface area contributed by atoms with E-state index in [1.54, 1.807) is 24.3 Å². The molecule has 4 rings (SSSR count). The number of methoxy groups -OCH3 is 1. The van der Waals surface area contributed by atoms with Crippen LogP contribution in [0.4, 0.5) is 5.69 Å². The third-order valence-corrected chi connectivity index (χ3v) is 5.72. The largest absolute Gasteiger partial charge is 0.465 e. The van der Waals surface area contributed by atoms with Crippen LogP contribution < -0.4 is 5.32 Å². The monoisotopic (exact) mass is 496 g/mol. The van der Waals surface area contributed by atoms with Crippen molar-refractivity contribution in [1.82, 2.24) is 14.8 Å². The van der Waals surface area contributed by atoms with Crippen LogP contribution >= 0.6 is 12.2 Å². The molecule has 0 aliphatic rings. The number of carbonyl (C=O) groups is 2.